The van der Waals surface area contributed by atoms with Gasteiger partial charge in [0.25, 0.3) is 0 Å². The largest absolute Gasteiger partial charge is 0.484 e. The minimum atomic E-state index is -4.30. The van der Waals surface area contributed by atoms with Gasteiger partial charge in [0.2, 0.25) is 0 Å². The zero-order valence-corrected chi connectivity index (χ0v) is 11.2. The molecule has 1 aliphatic rings. The average Bonchev–Trinajstić information content (AvgIpc) is 2.38. The fraction of sp³-hybridized carbons (Fsp3) is 0.538. The van der Waals surface area contributed by atoms with Gasteiger partial charge in [0.1, 0.15) is 5.75 Å². The van der Waals surface area contributed by atoms with Gasteiger partial charge in [-0.15, -0.1) is 0 Å². The number of benzene rings is 1. The van der Waals surface area contributed by atoms with E-state index in [1.165, 1.54) is 12.2 Å². The fourth-order valence-electron chi connectivity index (χ4n) is 1.90. The fourth-order valence-corrected chi connectivity index (χ4v) is 2.97. The van der Waals surface area contributed by atoms with Crippen LogP contribution in [0, 0.1) is 0 Å². The lowest BCUT2D eigenvalue weighted by Gasteiger charge is -2.23. The van der Waals surface area contributed by atoms with Crippen LogP contribution in [0.15, 0.2) is 24.3 Å². The van der Waals surface area contributed by atoms with E-state index in [0.29, 0.717) is 6.04 Å². The van der Waals surface area contributed by atoms with Crippen LogP contribution >= 0.6 is 11.8 Å². The van der Waals surface area contributed by atoms with E-state index in [2.05, 4.69) is 10.1 Å². The molecule has 0 amide bonds. The monoisotopic (exact) mass is 291 g/mol. The summed E-state index contributed by atoms with van der Waals surface area (Å²) < 4.78 is 40.6. The molecule has 6 heteroatoms. The molecule has 1 fully saturated rings. The van der Waals surface area contributed by atoms with Crippen molar-refractivity contribution in [3.8, 4) is 5.75 Å². The standard InChI is InChI=1S/C13H16F3NOS/c14-13(15,16)9-18-12-5-3-10(4-6-12)17-11-2-1-7-19-8-11/h3-6,11,17H,1-2,7-9H2. The van der Waals surface area contributed by atoms with Crippen molar-refractivity contribution >= 4 is 17.4 Å². The molecule has 2 nitrogen and oxygen atoms in total. The lowest BCUT2D eigenvalue weighted by molar-refractivity contribution is -0.153. The predicted octanol–water partition coefficient (Wildman–Crippen LogP) is 3.94. The van der Waals surface area contributed by atoms with Gasteiger partial charge >= 0.3 is 6.18 Å². The zero-order chi connectivity index (χ0) is 13.7. The topological polar surface area (TPSA) is 21.3 Å². The van der Waals surface area contributed by atoms with Gasteiger partial charge in [-0.3, -0.25) is 0 Å². The summed E-state index contributed by atoms with van der Waals surface area (Å²) in [6.45, 7) is -1.25. The van der Waals surface area contributed by atoms with Gasteiger partial charge in [0.15, 0.2) is 6.61 Å². The summed E-state index contributed by atoms with van der Waals surface area (Å²) in [4.78, 5) is 0. The first-order valence-electron chi connectivity index (χ1n) is 6.17. The van der Waals surface area contributed by atoms with E-state index < -0.39 is 12.8 Å². The van der Waals surface area contributed by atoms with Gasteiger partial charge < -0.3 is 10.1 Å². The Hall–Kier alpha value is -1.04. The summed E-state index contributed by atoms with van der Waals surface area (Å²) in [5, 5.41) is 3.38. The van der Waals surface area contributed by atoms with E-state index in [-0.39, 0.29) is 5.75 Å². The SMILES string of the molecule is FC(F)(F)COc1ccc(NC2CCCSC2)cc1. The second-order valence-corrected chi connectivity index (χ2v) is 5.64. The van der Waals surface area contributed by atoms with Crippen LogP contribution in [0.5, 0.6) is 5.75 Å². The maximum atomic E-state index is 12.0. The number of hydrogen-bond acceptors (Lipinski definition) is 3. The lowest BCUT2D eigenvalue weighted by atomic mass is 10.1. The van der Waals surface area contributed by atoms with Crippen molar-refractivity contribution in [2.75, 3.05) is 23.4 Å². The van der Waals surface area contributed by atoms with Crippen LogP contribution in [-0.4, -0.2) is 30.3 Å². The maximum Gasteiger partial charge on any atom is 0.422 e. The van der Waals surface area contributed by atoms with Crippen LogP contribution in [-0.2, 0) is 0 Å². The van der Waals surface area contributed by atoms with Gasteiger partial charge in [-0.25, -0.2) is 0 Å². The quantitative estimate of drug-likeness (QED) is 0.908. The van der Waals surface area contributed by atoms with E-state index in [0.717, 1.165) is 17.9 Å². The third-order valence-electron chi connectivity index (χ3n) is 2.79. The Morgan fingerprint density at radius 2 is 2.00 bits per heavy atom. The Labute approximate surface area is 114 Å². The number of alkyl halides is 3. The molecule has 1 aliphatic heterocycles. The molecule has 1 N–H and O–H groups in total. The summed E-state index contributed by atoms with van der Waals surface area (Å²) in [6, 6.07) is 7.07. The molecule has 0 spiro atoms. The molecule has 1 saturated heterocycles. The van der Waals surface area contributed by atoms with Crippen molar-refractivity contribution in [3.63, 3.8) is 0 Å². The van der Waals surface area contributed by atoms with Crippen LogP contribution in [0.2, 0.25) is 0 Å². The summed E-state index contributed by atoms with van der Waals surface area (Å²) >= 11 is 1.92. The zero-order valence-electron chi connectivity index (χ0n) is 10.4. The Bertz CT molecular complexity index is 388. The molecule has 0 aliphatic carbocycles. The molecule has 0 bridgehead atoms. The first kappa shape index (κ1) is 14.4. The van der Waals surface area contributed by atoms with Gasteiger partial charge in [0.05, 0.1) is 0 Å². The molecular formula is C13H16F3NOS. The molecular weight excluding hydrogens is 275 g/mol. The van der Waals surface area contributed by atoms with E-state index in [1.807, 2.05) is 11.8 Å². The summed E-state index contributed by atoms with van der Waals surface area (Å²) in [7, 11) is 0. The van der Waals surface area contributed by atoms with E-state index in [1.54, 1.807) is 24.3 Å². The molecule has 1 aromatic rings. The van der Waals surface area contributed by atoms with Crippen LogP contribution < -0.4 is 10.1 Å². The summed E-state index contributed by atoms with van der Waals surface area (Å²) in [5.74, 6) is 2.52. The second-order valence-electron chi connectivity index (χ2n) is 4.49. The van der Waals surface area contributed by atoms with Crippen molar-refractivity contribution < 1.29 is 17.9 Å². The Kier molecular flexibility index (Phi) is 4.85. The molecule has 1 atom stereocenters. The number of rotatable bonds is 4. The lowest BCUT2D eigenvalue weighted by Crippen LogP contribution is -2.25. The molecule has 1 aromatic carbocycles. The number of ether oxygens (including phenoxy) is 1. The first-order valence-corrected chi connectivity index (χ1v) is 7.32. The third kappa shape index (κ3) is 5.22. The minimum Gasteiger partial charge on any atom is -0.484 e. The third-order valence-corrected chi connectivity index (χ3v) is 4.00. The first-order chi connectivity index (χ1) is 9.03. The van der Waals surface area contributed by atoms with Gasteiger partial charge in [-0.1, -0.05) is 0 Å². The van der Waals surface area contributed by atoms with E-state index in [9.17, 15) is 13.2 Å². The number of thioether (sulfide) groups is 1. The van der Waals surface area contributed by atoms with Crippen molar-refractivity contribution in [1.82, 2.24) is 0 Å². The number of nitrogens with one attached hydrogen (secondary N) is 1. The minimum absolute atomic E-state index is 0.237. The number of hydrogen-bond donors (Lipinski definition) is 1. The highest BCUT2D eigenvalue weighted by Crippen LogP contribution is 2.23. The highest BCUT2D eigenvalue weighted by atomic mass is 32.2. The van der Waals surface area contributed by atoms with Crippen molar-refractivity contribution in [1.29, 1.82) is 0 Å². The van der Waals surface area contributed by atoms with Crippen molar-refractivity contribution in [3.05, 3.63) is 24.3 Å². The van der Waals surface area contributed by atoms with Gasteiger partial charge in [-0.05, 0) is 42.9 Å². The van der Waals surface area contributed by atoms with E-state index >= 15 is 0 Å². The predicted molar refractivity (Wildman–Crippen MR) is 72.0 cm³/mol. The molecule has 0 saturated carbocycles. The van der Waals surface area contributed by atoms with Crippen LogP contribution in [0.25, 0.3) is 0 Å². The molecule has 1 unspecified atom stereocenters. The van der Waals surface area contributed by atoms with Crippen LogP contribution in [0.3, 0.4) is 0 Å². The molecule has 2 rings (SSSR count). The second kappa shape index (κ2) is 6.41. The van der Waals surface area contributed by atoms with Gasteiger partial charge in [0, 0.05) is 17.5 Å². The van der Waals surface area contributed by atoms with Crippen LogP contribution in [0.1, 0.15) is 12.8 Å². The average molecular weight is 291 g/mol. The Morgan fingerprint density at radius 1 is 1.26 bits per heavy atom. The van der Waals surface area contributed by atoms with Crippen LogP contribution in [0.4, 0.5) is 18.9 Å². The number of anilines is 1. The molecule has 1 heterocycles. The molecule has 0 radical (unpaired) electrons. The normalized spacial score (nSPS) is 20.1. The highest BCUT2D eigenvalue weighted by molar-refractivity contribution is 7.99. The Morgan fingerprint density at radius 3 is 2.58 bits per heavy atom. The Balaban J connectivity index is 1.83. The highest BCUT2D eigenvalue weighted by Gasteiger charge is 2.28. The molecule has 106 valence electrons. The van der Waals surface area contributed by atoms with Gasteiger partial charge in [-0.2, -0.15) is 24.9 Å². The van der Waals surface area contributed by atoms with Crippen molar-refractivity contribution in [2.45, 2.75) is 25.1 Å². The van der Waals surface area contributed by atoms with Crippen molar-refractivity contribution in [2.24, 2.45) is 0 Å². The molecule has 19 heavy (non-hydrogen) atoms. The molecule has 0 aromatic heterocycles. The smallest absolute Gasteiger partial charge is 0.422 e. The summed E-state index contributed by atoms with van der Waals surface area (Å²) in [5.41, 5.74) is 0.923. The van der Waals surface area contributed by atoms with E-state index in [4.69, 9.17) is 0 Å². The number of halogens is 3. The maximum absolute atomic E-state index is 12.0. The summed E-state index contributed by atoms with van der Waals surface area (Å²) in [6.07, 6.45) is -1.95.